The van der Waals surface area contributed by atoms with Crippen molar-refractivity contribution in [3.8, 4) is 0 Å². The van der Waals surface area contributed by atoms with E-state index in [1.807, 2.05) is 31.2 Å². The lowest BCUT2D eigenvalue weighted by atomic mass is 9.83. The van der Waals surface area contributed by atoms with Gasteiger partial charge in [0.05, 0.1) is 0 Å². The topological polar surface area (TPSA) is 58.2 Å². The summed E-state index contributed by atoms with van der Waals surface area (Å²) in [6.07, 6.45) is 7.60. The van der Waals surface area contributed by atoms with Gasteiger partial charge in [-0.15, -0.1) is 0 Å². The molecular weight excluding hydrogens is 264 g/mol. The van der Waals surface area contributed by atoms with Crippen LogP contribution in [0, 0.1) is 0 Å². The van der Waals surface area contributed by atoms with Gasteiger partial charge in [-0.25, -0.2) is 4.79 Å². The smallest absolute Gasteiger partial charge is 0.315 e. The molecule has 0 aromatic heterocycles. The van der Waals surface area contributed by atoms with Crippen LogP contribution in [-0.2, 0) is 10.3 Å². The normalized spacial score (nSPS) is 14.3. The fourth-order valence-electron chi connectivity index (χ4n) is 2.04. The molecule has 0 aliphatic carbocycles. The average Bonchev–Trinajstić information content (AvgIpc) is 2.53. The lowest BCUT2D eigenvalue weighted by Crippen LogP contribution is -2.51. The SMILES string of the molecule is C=C/C=C(\C=C/C)C(C=O)(NC(=O)NC)c1ccccc1. The van der Waals surface area contributed by atoms with Gasteiger partial charge in [-0.05, 0) is 18.1 Å². The minimum Gasteiger partial charge on any atom is -0.341 e. The number of rotatable bonds is 6. The van der Waals surface area contributed by atoms with E-state index in [9.17, 15) is 9.59 Å². The fourth-order valence-corrected chi connectivity index (χ4v) is 2.04. The lowest BCUT2D eigenvalue weighted by Gasteiger charge is -2.31. The lowest BCUT2D eigenvalue weighted by molar-refractivity contribution is -0.112. The summed E-state index contributed by atoms with van der Waals surface area (Å²) in [6.45, 7) is 5.51. The second-order valence-corrected chi connectivity index (χ2v) is 4.35. The van der Waals surface area contributed by atoms with Crippen LogP contribution in [-0.4, -0.2) is 19.4 Å². The van der Waals surface area contributed by atoms with Gasteiger partial charge in [0.25, 0.3) is 0 Å². The van der Waals surface area contributed by atoms with Crippen LogP contribution in [0.25, 0.3) is 0 Å². The predicted molar refractivity (Wildman–Crippen MR) is 84.9 cm³/mol. The summed E-state index contributed by atoms with van der Waals surface area (Å²) in [7, 11) is 1.50. The molecule has 0 radical (unpaired) electrons. The third kappa shape index (κ3) is 3.69. The largest absolute Gasteiger partial charge is 0.341 e. The average molecular weight is 284 g/mol. The molecule has 2 amide bonds. The van der Waals surface area contributed by atoms with E-state index < -0.39 is 11.6 Å². The van der Waals surface area contributed by atoms with Crippen molar-refractivity contribution in [3.05, 3.63) is 72.4 Å². The van der Waals surface area contributed by atoms with Crippen molar-refractivity contribution in [1.82, 2.24) is 10.6 Å². The van der Waals surface area contributed by atoms with Gasteiger partial charge in [-0.3, -0.25) is 4.79 Å². The number of amides is 2. The molecule has 0 saturated carbocycles. The van der Waals surface area contributed by atoms with E-state index in [-0.39, 0.29) is 0 Å². The summed E-state index contributed by atoms with van der Waals surface area (Å²) < 4.78 is 0. The first-order valence-electron chi connectivity index (χ1n) is 6.62. The highest BCUT2D eigenvalue weighted by atomic mass is 16.2. The highest BCUT2D eigenvalue weighted by molar-refractivity contribution is 5.85. The molecule has 0 aliphatic heterocycles. The van der Waals surface area contributed by atoms with Gasteiger partial charge >= 0.3 is 6.03 Å². The number of benzene rings is 1. The maximum atomic E-state index is 11.9. The van der Waals surface area contributed by atoms with E-state index >= 15 is 0 Å². The Morgan fingerprint density at radius 1 is 1.29 bits per heavy atom. The third-order valence-electron chi connectivity index (χ3n) is 3.04. The number of nitrogens with one attached hydrogen (secondary N) is 2. The first-order chi connectivity index (χ1) is 10.1. The zero-order valence-corrected chi connectivity index (χ0v) is 12.3. The van der Waals surface area contributed by atoms with Crippen LogP contribution in [0.3, 0.4) is 0 Å². The van der Waals surface area contributed by atoms with Gasteiger partial charge < -0.3 is 10.6 Å². The van der Waals surface area contributed by atoms with Crippen LogP contribution in [0.15, 0.2) is 66.8 Å². The maximum absolute atomic E-state index is 11.9. The molecule has 0 spiro atoms. The number of carbonyl (C=O) groups is 2. The number of urea groups is 1. The molecule has 1 aromatic rings. The molecule has 1 unspecified atom stereocenters. The van der Waals surface area contributed by atoms with Crippen molar-refractivity contribution in [2.45, 2.75) is 12.5 Å². The highest BCUT2D eigenvalue weighted by Gasteiger charge is 2.36. The van der Waals surface area contributed by atoms with Crippen LogP contribution >= 0.6 is 0 Å². The number of carbonyl (C=O) groups excluding carboxylic acids is 2. The van der Waals surface area contributed by atoms with Gasteiger partial charge in [-0.1, -0.05) is 61.2 Å². The molecule has 0 saturated heterocycles. The van der Waals surface area contributed by atoms with E-state index in [1.165, 1.54) is 7.05 Å². The summed E-state index contributed by atoms with van der Waals surface area (Å²) in [5.74, 6) is 0. The van der Waals surface area contributed by atoms with Gasteiger partial charge in [0.2, 0.25) is 0 Å². The van der Waals surface area contributed by atoms with E-state index in [1.54, 1.807) is 30.4 Å². The molecule has 0 heterocycles. The zero-order valence-electron chi connectivity index (χ0n) is 12.3. The highest BCUT2D eigenvalue weighted by Crippen LogP contribution is 2.29. The zero-order chi connectivity index (χ0) is 15.7. The third-order valence-corrected chi connectivity index (χ3v) is 3.04. The predicted octanol–water partition coefficient (Wildman–Crippen LogP) is 2.70. The Labute approximate surface area is 125 Å². The number of hydrogen-bond donors (Lipinski definition) is 2. The Bertz CT molecular complexity index is 561. The van der Waals surface area contributed by atoms with Crippen LogP contribution in [0.4, 0.5) is 4.79 Å². The van der Waals surface area contributed by atoms with E-state index in [2.05, 4.69) is 17.2 Å². The summed E-state index contributed by atoms with van der Waals surface area (Å²) in [5, 5.41) is 5.21. The molecule has 1 aromatic carbocycles. The molecule has 0 aliphatic rings. The van der Waals surface area contributed by atoms with Crippen LogP contribution in [0.2, 0.25) is 0 Å². The van der Waals surface area contributed by atoms with Crippen molar-refractivity contribution >= 4 is 12.3 Å². The minimum atomic E-state index is -1.26. The van der Waals surface area contributed by atoms with E-state index in [0.717, 1.165) is 6.29 Å². The second-order valence-electron chi connectivity index (χ2n) is 4.35. The van der Waals surface area contributed by atoms with Gasteiger partial charge in [0.15, 0.2) is 6.29 Å². The molecule has 0 bridgehead atoms. The van der Waals surface area contributed by atoms with Crippen molar-refractivity contribution in [3.63, 3.8) is 0 Å². The Hall–Kier alpha value is -2.62. The number of hydrogen-bond acceptors (Lipinski definition) is 2. The first kappa shape index (κ1) is 16.4. The number of allylic oxidation sites excluding steroid dienone is 3. The van der Waals surface area contributed by atoms with Crippen LogP contribution in [0.5, 0.6) is 0 Å². The minimum absolute atomic E-state index is 0.439. The maximum Gasteiger partial charge on any atom is 0.315 e. The van der Waals surface area contributed by atoms with Gasteiger partial charge in [0, 0.05) is 7.05 Å². The van der Waals surface area contributed by atoms with E-state index in [0.29, 0.717) is 11.1 Å². The molecule has 4 heteroatoms. The Morgan fingerprint density at radius 3 is 2.43 bits per heavy atom. The Kier molecular flexibility index (Phi) is 6.14. The van der Waals surface area contributed by atoms with Gasteiger partial charge in [0.1, 0.15) is 5.54 Å². The first-order valence-corrected chi connectivity index (χ1v) is 6.62. The monoisotopic (exact) mass is 284 g/mol. The molecule has 110 valence electrons. The Morgan fingerprint density at radius 2 is 1.95 bits per heavy atom. The van der Waals surface area contributed by atoms with Crippen molar-refractivity contribution in [2.75, 3.05) is 7.05 Å². The quantitative estimate of drug-likeness (QED) is 0.623. The van der Waals surface area contributed by atoms with Crippen molar-refractivity contribution < 1.29 is 9.59 Å². The number of aldehydes is 1. The summed E-state index contributed by atoms with van der Waals surface area (Å²) in [6, 6.07) is 8.65. The molecule has 0 fully saturated rings. The molecule has 21 heavy (non-hydrogen) atoms. The molecule has 2 N–H and O–H groups in total. The summed E-state index contributed by atoms with van der Waals surface area (Å²) in [4.78, 5) is 23.7. The second kappa shape index (κ2) is 7.85. The Balaban J connectivity index is 3.52. The molecule has 4 nitrogen and oxygen atoms in total. The van der Waals surface area contributed by atoms with E-state index in [4.69, 9.17) is 0 Å². The standard InChI is InChI=1S/C17H20N2O2/c1-4-9-14(10-5-2)17(13-20,19-16(21)18-3)15-11-7-6-8-12-15/h4-13H,1H2,2-3H3,(H2,18,19,21)/b10-5-,14-9+. The molecule has 1 rings (SSSR count). The summed E-state index contributed by atoms with van der Waals surface area (Å²) >= 11 is 0. The van der Waals surface area contributed by atoms with Gasteiger partial charge in [-0.2, -0.15) is 0 Å². The van der Waals surface area contributed by atoms with Crippen LogP contribution < -0.4 is 10.6 Å². The van der Waals surface area contributed by atoms with Crippen molar-refractivity contribution in [1.29, 1.82) is 0 Å². The summed E-state index contributed by atoms with van der Waals surface area (Å²) in [5.41, 5.74) is 0.0433. The molecule has 1 atom stereocenters. The fraction of sp³-hybridized carbons (Fsp3) is 0.176. The molecular formula is C17H20N2O2. The van der Waals surface area contributed by atoms with Crippen LogP contribution in [0.1, 0.15) is 12.5 Å². The van der Waals surface area contributed by atoms with Crippen molar-refractivity contribution in [2.24, 2.45) is 0 Å².